The standard InChI is InChI=1S/C17H25N3O3/c1-22-15-5-3-4-14(16(15)23-2)17(21)20-10-8-19(9-11-20)13-6-7-18-12-13/h3-5,13,18H,6-12H2,1-2H3. The number of amides is 1. The molecule has 23 heavy (non-hydrogen) atoms. The van der Waals surface area contributed by atoms with E-state index in [2.05, 4.69) is 10.2 Å². The molecule has 0 aliphatic carbocycles. The van der Waals surface area contributed by atoms with Gasteiger partial charge in [-0.2, -0.15) is 0 Å². The van der Waals surface area contributed by atoms with Crippen molar-refractivity contribution < 1.29 is 14.3 Å². The number of nitrogens with zero attached hydrogens (tertiary/aromatic N) is 2. The monoisotopic (exact) mass is 319 g/mol. The first-order chi connectivity index (χ1) is 11.2. The zero-order valence-electron chi connectivity index (χ0n) is 13.9. The molecule has 2 heterocycles. The Bertz CT molecular complexity index is 550. The minimum atomic E-state index is 0.0185. The van der Waals surface area contributed by atoms with Crippen LogP contribution in [0.25, 0.3) is 0 Å². The molecule has 2 aliphatic heterocycles. The fourth-order valence-electron chi connectivity index (χ4n) is 3.47. The third kappa shape index (κ3) is 3.28. The molecule has 1 aromatic carbocycles. The van der Waals surface area contributed by atoms with Crippen molar-refractivity contribution in [2.24, 2.45) is 0 Å². The number of carbonyl (C=O) groups excluding carboxylic acids is 1. The number of methoxy groups -OCH3 is 2. The lowest BCUT2D eigenvalue weighted by atomic mass is 10.1. The van der Waals surface area contributed by atoms with Crippen molar-refractivity contribution in [2.75, 3.05) is 53.5 Å². The summed E-state index contributed by atoms with van der Waals surface area (Å²) >= 11 is 0. The van der Waals surface area contributed by atoms with Gasteiger partial charge in [0.2, 0.25) is 0 Å². The average Bonchev–Trinajstić information content (AvgIpc) is 3.15. The fraction of sp³-hybridized carbons (Fsp3) is 0.588. The van der Waals surface area contributed by atoms with Crippen molar-refractivity contribution in [1.82, 2.24) is 15.1 Å². The molecule has 0 bridgehead atoms. The van der Waals surface area contributed by atoms with Crippen LogP contribution in [0.1, 0.15) is 16.8 Å². The highest BCUT2D eigenvalue weighted by Crippen LogP contribution is 2.31. The SMILES string of the molecule is COc1cccc(C(=O)N2CCN(C3CCNC3)CC2)c1OC. The van der Waals surface area contributed by atoms with E-state index in [4.69, 9.17) is 9.47 Å². The van der Waals surface area contributed by atoms with Gasteiger partial charge >= 0.3 is 0 Å². The van der Waals surface area contributed by atoms with Crippen LogP contribution in [-0.2, 0) is 0 Å². The van der Waals surface area contributed by atoms with E-state index in [1.165, 1.54) is 6.42 Å². The van der Waals surface area contributed by atoms with E-state index in [-0.39, 0.29) is 5.91 Å². The number of benzene rings is 1. The quantitative estimate of drug-likeness (QED) is 0.891. The van der Waals surface area contributed by atoms with Crippen LogP contribution in [0, 0.1) is 0 Å². The Hall–Kier alpha value is -1.79. The molecule has 1 N–H and O–H groups in total. The molecule has 1 unspecified atom stereocenters. The fourth-order valence-corrected chi connectivity index (χ4v) is 3.47. The Labute approximate surface area is 137 Å². The molecular weight excluding hydrogens is 294 g/mol. The van der Waals surface area contributed by atoms with E-state index >= 15 is 0 Å². The molecule has 2 fully saturated rings. The number of hydrogen-bond donors (Lipinski definition) is 1. The summed E-state index contributed by atoms with van der Waals surface area (Å²) in [4.78, 5) is 17.2. The Kier molecular flexibility index (Phi) is 5.03. The van der Waals surface area contributed by atoms with Crippen LogP contribution < -0.4 is 14.8 Å². The number of rotatable bonds is 4. The van der Waals surface area contributed by atoms with E-state index in [1.54, 1.807) is 26.4 Å². The lowest BCUT2D eigenvalue weighted by molar-refractivity contribution is 0.0580. The highest BCUT2D eigenvalue weighted by Gasteiger charge is 2.29. The Morgan fingerprint density at radius 1 is 1.17 bits per heavy atom. The summed E-state index contributed by atoms with van der Waals surface area (Å²) in [7, 11) is 3.15. The Morgan fingerprint density at radius 2 is 1.96 bits per heavy atom. The largest absolute Gasteiger partial charge is 0.493 e. The molecule has 2 saturated heterocycles. The molecule has 6 nitrogen and oxygen atoms in total. The minimum Gasteiger partial charge on any atom is -0.493 e. The van der Waals surface area contributed by atoms with Crippen molar-refractivity contribution in [3.05, 3.63) is 23.8 Å². The van der Waals surface area contributed by atoms with Crippen LogP contribution in [0.4, 0.5) is 0 Å². The van der Waals surface area contributed by atoms with Crippen LogP contribution >= 0.6 is 0 Å². The Morgan fingerprint density at radius 3 is 2.57 bits per heavy atom. The molecule has 1 atom stereocenters. The highest BCUT2D eigenvalue weighted by molar-refractivity contribution is 5.97. The van der Waals surface area contributed by atoms with Gasteiger partial charge in [0.25, 0.3) is 5.91 Å². The van der Waals surface area contributed by atoms with Gasteiger partial charge in [0.1, 0.15) is 0 Å². The predicted octanol–water partition coefficient (Wildman–Crippen LogP) is 0.823. The molecule has 0 aromatic heterocycles. The summed E-state index contributed by atoms with van der Waals surface area (Å²) in [6, 6.07) is 6.06. The van der Waals surface area contributed by atoms with Crippen molar-refractivity contribution >= 4 is 5.91 Å². The van der Waals surface area contributed by atoms with Crippen LogP contribution in [-0.4, -0.2) is 75.2 Å². The third-order valence-corrected chi connectivity index (χ3v) is 4.79. The van der Waals surface area contributed by atoms with Gasteiger partial charge in [-0.1, -0.05) is 6.07 Å². The third-order valence-electron chi connectivity index (χ3n) is 4.79. The molecule has 1 aromatic rings. The molecule has 0 saturated carbocycles. The second-order valence-corrected chi connectivity index (χ2v) is 6.02. The minimum absolute atomic E-state index is 0.0185. The Balaban J connectivity index is 1.67. The van der Waals surface area contributed by atoms with Crippen molar-refractivity contribution in [2.45, 2.75) is 12.5 Å². The van der Waals surface area contributed by atoms with Crippen LogP contribution in [0.5, 0.6) is 11.5 Å². The van der Waals surface area contributed by atoms with Gasteiger partial charge in [0.15, 0.2) is 11.5 Å². The summed E-state index contributed by atoms with van der Waals surface area (Å²) in [6.45, 7) is 5.56. The molecule has 2 aliphatic rings. The van der Waals surface area contributed by atoms with E-state index in [0.717, 1.165) is 39.3 Å². The number of hydrogen-bond acceptors (Lipinski definition) is 5. The molecule has 6 heteroatoms. The van der Waals surface area contributed by atoms with E-state index < -0.39 is 0 Å². The summed E-state index contributed by atoms with van der Waals surface area (Å²) < 4.78 is 10.7. The van der Waals surface area contributed by atoms with Crippen LogP contribution in [0.2, 0.25) is 0 Å². The zero-order chi connectivity index (χ0) is 16.2. The molecule has 3 rings (SSSR count). The van der Waals surface area contributed by atoms with Gasteiger partial charge in [-0.15, -0.1) is 0 Å². The van der Waals surface area contributed by atoms with Gasteiger partial charge in [-0.05, 0) is 25.1 Å². The maximum Gasteiger partial charge on any atom is 0.257 e. The van der Waals surface area contributed by atoms with Gasteiger partial charge in [-0.25, -0.2) is 0 Å². The summed E-state index contributed by atoms with van der Waals surface area (Å²) in [5, 5.41) is 3.40. The van der Waals surface area contributed by atoms with Crippen LogP contribution in [0.15, 0.2) is 18.2 Å². The average molecular weight is 319 g/mol. The first kappa shape index (κ1) is 16.1. The second-order valence-electron chi connectivity index (χ2n) is 6.02. The summed E-state index contributed by atoms with van der Waals surface area (Å²) in [5.74, 6) is 1.13. The highest BCUT2D eigenvalue weighted by atomic mass is 16.5. The van der Waals surface area contributed by atoms with E-state index in [9.17, 15) is 4.79 Å². The van der Waals surface area contributed by atoms with Gasteiger partial charge < -0.3 is 19.7 Å². The number of para-hydroxylation sites is 1. The van der Waals surface area contributed by atoms with Gasteiger partial charge in [0, 0.05) is 38.8 Å². The van der Waals surface area contributed by atoms with Gasteiger partial charge in [0.05, 0.1) is 19.8 Å². The molecular formula is C17H25N3O3. The van der Waals surface area contributed by atoms with Crippen molar-refractivity contribution in [3.63, 3.8) is 0 Å². The summed E-state index contributed by atoms with van der Waals surface area (Å²) in [5.41, 5.74) is 0.572. The van der Waals surface area contributed by atoms with Crippen molar-refractivity contribution in [3.8, 4) is 11.5 Å². The molecule has 0 spiro atoms. The first-order valence-electron chi connectivity index (χ1n) is 8.19. The normalized spacial score (nSPS) is 22.2. The zero-order valence-corrected chi connectivity index (χ0v) is 13.9. The predicted molar refractivity (Wildman–Crippen MR) is 88.3 cm³/mol. The molecule has 1 amide bonds. The molecule has 126 valence electrons. The van der Waals surface area contributed by atoms with E-state index in [1.807, 2.05) is 11.0 Å². The van der Waals surface area contributed by atoms with E-state index in [0.29, 0.717) is 23.1 Å². The van der Waals surface area contributed by atoms with Gasteiger partial charge in [-0.3, -0.25) is 9.69 Å². The number of carbonyl (C=O) groups is 1. The van der Waals surface area contributed by atoms with Crippen molar-refractivity contribution in [1.29, 1.82) is 0 Å². The summed E-state index contributed by atoms with van der Waals surface area (Å²) in [6.07, 6.45) is 1.21. The first-order valence-corrected chi connectivity index (χ1v) is 8.19. The topological polar surface area (TPSA) is 54.0 Å². The second kappa shape index (κ2) is 7.19. The maximum atomic E-state index is 12.8. The number of nitrogens with one attached hydrogen (secondary N) is 1. The van der Waals surface area contributed by atoms with Crippen LogP contribution in [0.3, 0.4) is 0 Å². The smallest absolute Gasteiger partial charge is 0.257 e. The lowest BCUT2D eigenvalue weighted by Crippen LogP contribution is -2.52. The number of piperazine rings is 1. The lowest BCUT2D eigenvalue weighted by Gasteiger charge is -2.38. The number of ether oxygens (including phenoxy) is 2. The maximum absolute atomic E-state index is 12.8. The molecule has 0 radical (unpaired) electrons.